The molecule has 0 aliphatic rings. The lowest BCUT2D eigenvalue weighted by Gasteiger charge is -2.23. The van der Waals surface area contributed by atoms with Crippen LogP contribution < -0.4 is 10.6 Å². The lowest BCUT2D eigenvalue weighted by Crippen LogP contribution is -2.28. The van der Waals surface area contributed by atoms with Gasteiger partial charge in [-0.05, 0) is 23.3 Å². The van der Waals surface area contributed by atoms with Crippen molar-refractivity contribution in [3.05, 3.63) is 97.1 Å². The minimum atomic E-state index is -0.548. The van der Waals surface area contributed by atoms with E-state index in [1.807, 2.05) is 139 Å². The molecule has 0 aliphatic carbocycles. The zero-order chi connectivity index (χ0) is 28.9. The second-order valence-electron chi connectivity index (χ2n) is 11.7. The van der Waals surface area contributed by atoms with Crippen LogP contribution in [0.15, 0.2) is 107 Å². The number of carbonyl (C=O) groups excluding carboxylic acids is 2. The van der Waals surface area contributed by atoms with Crippen molar-refractivity contribution in [2.75, 3.05) is 10.6 Å². The summed E-state index contributed by atoms with van der Waals surface area (Å²) in [5.74, 6) is -0.0983. The van der Waals surface area contributed by atoms with Gasteiger partial charge in [0.1, 0.15) is 0 Å². The van der Waals surface area contributed by atoms with Crippen LogP contribution in [0.2, 0.25) is 0 Å². The van der Waals surface area contributed by atoms with Gasteiger partial charge in [0.15, 0.2) is 0 Å². The molecule has 4 nitrogen and oxygen atoms in total. The molecule has 0 saturated carbocycles. The average molecular weight is 569 g/mol. The molecule has 4 aromatic rings. The lowest BCUT2D eigenvalue weighted by atomic mass is 9.95. The fourth-order valence-corrected chi connectivity index (χ4v) is 6.18. The van der Waals surface area contributed by atoms with Crippen LogP contribution in [0.3, 0.4) is 0 Å². The summed E-state index contributed by atoms with van der Waals surface area (Å²) < 4.78 is 0. The Labute approximate surface area is 245 Å². The van der Waals surface area contributed by atoms with Gasteiger partial charge in [-0.1, -0.05) is 148 Å². The topological polar surface area (TPSA) is 58.2 Å². The summed E-state index contributed by atoms with van der Waals surface area (Å²) >= 11 is 0. The zero-order valence-electron chi connectivity index (χ0n) is 23.9. The molecule has 0 radical (unpaired) electrons. The molecule has 0 spiro atoms. The highest BCUT2D eigenvalue weighted by Gasteiger charge is 2.26. The van der Waals surface area contributed by atoms with Gasteiger partial charge in [-0.2, -0.15) is 0 Å². The first-order valence-electron chi connectivity index (χ1n) is 13.3. The highest BCUT2D eigenvalue weighted by molar-refractivity contribution is 8.76. The van der Waals surface area contributed by atoms with Gasteiger partial charge in [-0.3, -0.25) is 9.59 Å². The maximum atomic E-state index is 13.1. The smallest absolute Gasteiger partial charge is 0.229 e. The Morgan fingerprint density at radius 2 is 0.850 bits per heavy atom. The minimum Gasteiger partial charge on any atom is -0.324 e. The van der Waals surface area contributed by atoms with E-state index < -0.39 is 10.8 Å². The summed E-state index contributed by atoms with van der Waals surface area (Å²) in [7, 11) is 3.13. The van der Waals surface area contributed by atoms with Gasteiger partial charge >= 0.3 is 0 Å². The van der Waals surface area contributed by atoms with Crippen molar-refractivity contribution in [2.45, 2.75) is 51.3 Å². The zero-order valence-corrected chi connectivity index (χ0v) is 25.5. The Kier molecular flexibility index (Phi) is 9.12. The highest BCUT2D eigenvalue weighted by atomic mass is 33.1. The van der Waals surface area contributed by atoms with Crippen LogP contribution in [0.1, 0.15) is 41.5 Å². The first-order chi connectivity index (χ1) is 18.9. The van der Waals surface area contributed by atoms with E-state index in [1.54, 1.807) is 21.6 Å². The Morgan fingerprint density at radius 3 is 1.18 bits per heavy atom. The number of para-hydroxylation sites is 2. The van der Waals surface area contributed by atoms with Crippen molar-refractivity contribution >= 4 is 44.8 Å². The van der Waals surface area contributed by atoms with Crippen LogP contribution in [-0.4, -0.2) is 11.8 Å². The van der Waals surface area contributed by atoms with Crippen molar-refractivity contribution in [3.8, 4) is 22.3 Å². The van der Waals surface area contributed by atoms with Crippen LogP contribution in [0.4, 0.5) is 11.4 Å². The number of hydrogen-bond donors (Lipinski definition) is 2. The molecule has 0 atom stereocenters. The molecule has 2 amide bonds. The van der Waals surface area contributed by atoms with E-state index in [0.29, 0.717) is 0 Å². The molecule has 2 N–H and O–H groups in total. The number of carbonyl (C=O) groups is 2. The average Bonchev–Trinajstić information content (AvgIpc) is 2.92. The van der Waals surface area contributed by atoms with E-state index in [1.165, 1.54) is 0 Å². The van der Waals surface area contributed by atoms with Gasteiger partial charge in [0.2, 0.25) is 11.8 Å². The van der Waals surface area contributed by atoms with E-state index in [2.05, 4.69) is 10.6 Å². The Balaban J connectivity index is 1.75. The summed E-state index contributed by atoms with van der Waals surface area (Å²) in [6, 6.07) is 32.3. The standard InChI is InChI=1S/C34H36N2O2S2/c1-33(2,3)31(37)35-29-25(23-15-9-7-10-16-23)19-13-21-27(29)39-40-28-22-14-20-26(24-17-11-8-12-18-24)30(28)36-32(38)34(4,5)6/h7-22H,1-6H3,(H,35,37)(H,36,38). The van der Waals surface area contributed by atoms with Gasteiger partial charge in [-0.15, -0.1) is 0 Å². The molecule has 0 bridgehead atoms. The predicted octanol–water partition coefficient (Wildman–Crippen LogP) is 9.79. The monoisotopic (exact) mass is 568 g/mol. The van der Waals surface area contributed by atoms with E-state index in [9.17, 15) is 9.59 Å². The molecule has 0 unspecified atom stereocenters. The molecule has 0 heterocycles. The SMILES string of the molecule is CC(C)(C)C(=O)Nc1c(SSc2cccc(-c3ccccc3)c2NC(=O)C(C)(C)C)cccc1-c1ccccc1. The number of anilines is 2. The van der Waals surface area contributed by atoms with E-state index in [0.717, 1.165) is 43.4 Å². The Morgan fingerprint density at radius 1 is 0.500 bits per heavy atom. The van der Waals surface area contributed by atoms with Crippen LogP contribution in [-0.2, 0) is 9.59 Å². The van der Waals surface area contributed by atoms with Crippen LogP contribution in [0.25, 0.3) is 22.3 Å². The molecule has 206 valence electrons. The molecule has 40 heavy (non-hydrogen) atoms. The Hall–Kier alpha value is -3.48. The van der Waals surface area contributed by atoms with Gasteiger partial charge < -0.3 is 10.6 Å². The van der Waals surface area contributed by atoms with Crippen molar-refractivity contribution in [1.82, 2.24) is 0 Å². The fourth-order valence-electron chi connectivity index (χ4n) is 3.87. The number of nitrogens with one attached hydrogen (secondary N) is 2. The van der Waals surface area contributed by atoms with Gasteiger partial charge in [-0.25, -0.2) is 0 Å². The lowest BCUT2D eigenvalue weighted by molar-refractivity contribution is -0.123. The minimum absolute atomic E-state index is 0.0491. The van der Waals surface area contributed by atoms with Gasteiger partial charge in [0.05, 0.1) is 11.4 Å². The molecule has 0 saturated heterocycles. The van der Waals surface area contributed by atoms with Crippen LogP contribution in [0, 0.1) is 10.8 Å². The summed E-state index contributed by atoms with van der Waals surface area (Å²) in [6.07, 6.45) is 0. The molecular weight excluding hydrogens is 533 g/mol. The second-order valence-corrected chi connectivity index (χ2v) is 13.9. The van der Waals surface area contributed by atoms with Gasteiger partial charge in [0, 0.05) is 31.7 Å². The third-order valence-electron chi connectivity index (χ3n) is 6.28. The number of amides is 2. The maximum Gasteiger partial charge on any atom is 0.229 e. The van der Waals surface area contributed by atoms with Crippen molar-refractivity contribution in [1.29, 1.82) is 0 Å². The van der Waals surface area contributed by atoms with Crippen molar-refractivity contribution in [2.24, 2.45) is 10.8 Å². The van der Waals surface area contributed by atoms with Crippen LogP contribution >= 0.6 is 21.6 Å². The number of benzene rings is 4. The van der Waals surface area contributed by atoms with Gasteiger partial charge in [0.25, 0.3) is 0 Å². The van der Waals surface area contributed by atoms with E-state index in [4.69, 9.17) is 0 Å². The molecular formula is C34H36N2O2S2. The number of rotatable bonds is 7. The first kappa shape index (κ1) is 29.5. The fraction of sp³-hybridized carbons (Fsp3) is 0.235. The molecule has 0 aliphatic heterocycles. The highest BCUT2D eigenvalue weighted by Crippen LogP contribution is 2.48. The van der Waals surface area contributed by atoms with Crippen molar-refractivity contribution < 1.29 is 9.59 Å². The van der Waals surface area contributed by atoms with Crippen LogP contribution in [0.5, 0.6) is 0 Å². The predicted molar refractivity (Wildman–Crippen MR) is 172 cm³/mol. The summed E-state index contributed by atoms with van der Waals surface area (Å²) in [5, 5.41) is 6.43. The first-order valence-corrected chi connectivity index (χ1v) is 15.4. The number of hydrogen-bond acceptors (Lipinski definition) is 4. The Bertz CT molecular complexity index is 1370. The second kappa shape index (κ2) is 12.4. The normalized spacial score (nSPS) is 11.7. The molecule has 4 rings (SSSR count). The van der Waals surface area contributed by atoms with Crippen molar-refractivity contribution in [3.63, 3.8) is 0 Å². The molecule has 6 heteroatoms. The quantitative estimate of drug-likeness (QED) is 0.218. The molecule has 4 aromatic carbocycles. The third-order valence-corrected chi connectivity index (χ3v) is 8.73. The largest absolute Gasteiger partial charge is 0.324 e. The summed E-state index contributed by atoms with van der Waals surface area (Å²) in [6.45, 7) is 11.5. The summed E-state index contributed by atoms with van der Waals surface area (Å²) in [5.41, 5.74) is 4.45. The summed E-state index contributed by atoms with van der Waals surface area (Å²) in [4.78, 5) is 28.1. The molecule has 0 aromatic heterocycles. The molecule has 0 fully saturated rings. The third kappa shape index (κ3) is 7.18. The maximum absolute atomic E-state index is 13.1. The van der Waals surface area contributed by atoms with E-state index >= 15 is 0 Å². The van der Waals surface area contributed by atoms with E-state index in [-0.39, 0.29) is 11.8 Å².